The Balaban J connectivity index is 1.35. The third-order valence-corrected chi connectivity index (χ3v) is 5.40. The molecule has 9 nitrogen and oxygen atoms in total. The molecule has 0 atom stereocenters. The number of ketones is 2. The van der Waals surface area contributed by atoms with Crippen molar-refractivity contribution in [3.05, 3.63) is 95.6 Å². The first-order valence-corrected chi connectivity index (χ1v) is 11.8. The Labute approximate surface area is 219 Å². The Morgan fingerprint density at radius 3 is 1.87 bits per heavy atom. The molecule has 0 aromatic heterocycles. The molecule has 0 unspecified atom stereocenters. The van der Waals surface area contributed by atoms with Gasteiger partial charge in [0.25, 0.3) is 0 Å². The van der Waals surface area contributed by atoms with E-state index in [-0.39, 0.29) is 48.9 Å². The number of rotatable bonds is 13. The van der Waals surface area contributed by atoms with Gasteiger partial charge in [-0.15, -0.1) is 0 Å². The predicted molar refractivity (Wildman–Crippen MR) is 138 cm³/mol. The number of anilines is 1. The summed E-state index contributed by atoms with van der Waals surface area (Å²) in [6.07, 6.45) is 0.311. The van der Waals surface area contributed by atoms with E-state index in [0.717, 1.165) is 0 Å². The van der Waals surface area contributed by atoms with Crippen molar-refractivity contribution < 1.29 is 38.2 Å². The number of methoxy groups -OCH3 is 1. The lowest BCUT2D eigenvalue weighted by Gasteiger charge is -2.08. The van der Waals surface area contributed by atoms with Crippen LogP contribution in [-0.2, 0) is 19.1 Å². The highest BCUT2D eigenvalue weighted by Crippen LogP contribution is 2.14. The van der Waals surface area contributed by atoms with E-state index in [2.05, 4.69) is 5.32 Å². The van der Waals surface area contributed by atoms with Crippen molar-refractivity contribution in [1.29, 1.82) is 0 Å². The van der Waals surface area contributed by atoms with Gasteiger partial charge in [0.2, 0.25) is 5.91 Å². The molecule has 0 spiro atoms. The van der Waals surface area contributed by atoms with Gasteiger partial charge in [0.15, 0.2) is 24.8 Å². The number of nitrogens with one attached hydrogen (secondary N) is 1. The normalized spacial score (nSPS) is 10.2. The van der Waals surface area contributed by atoms with E-state index in [1.165, 1.54) is 31.4 Å². The molecule has 0 saturated carbocycles. The molecule has 196 valence electrons. The largest absolute Gasteiger partial charge is 0.497 e. The first-order chi connectivity index (χ1) is 18.4. The van der Waals surface area contributed by atoms with Gasteiger partial charge in [0.05, 0.1) is 12.7 Å². The highest BCUT2D eigenvalue weighted by molar-refractivity contribution is 6.00. The van der Waals surface area contributed by atoms with Crippen molar-refractivity contribution in [2.75, 3.05) is 25.6 Å². The molecule has 3 aromatic rings. The number of Topliss-reactive ketones (excluding diaryl/α,β-unsaturated/α-hetero) is 2. The molecular weight excluding hydrogens is 490 g/mol. The molecule has 3 aromatic carbocycles. The van der Waals surface area contributed by atoms with Crippen LogP contribution in [0.3, 0.4) is 0 Å². The van der Waals surface area contributed by atoms with Crippen LogP contribution in [0.1, 0.15) is 50.3 Å². The zero-order valence-corrected chi connectivity index (χ0v) is 20.8. The van der Waals surface area contributed by atoms with Crippen LogP contribution < -0.4 is 10.1 Å². The van der Waals surface area contributed by atoms with Crippen molar-refractivity contribution in [3.63, 3.8) is 0 Å². The standard InChI is InChI=1S/C29H27NO8/c1-36-24-16-12-21(13-17-24)26(32)19-38-29(35)22-10-14-23(15-11-22)30-27(33)8-5-9-28(34)37-18-25(31)20-6-3-2-4-7-20/h2-4,6-7,10-17H,5,8-9,18-19H2,1H3,(H,30,33). The second-order valence-electron chi connectivity index (χ2n) is 8.16. The number of hydrogen-bond donors (Lipinski definition) is 1. The highest BCUT2D eigenvalue weighted by atomic mass is 16.5. The fraction of sp³-hybridized carbons (Fsp3) is 0.207. The summed E-state index contributed by atoms with van der Waals surface area (Å²) in [5.41, 5.74) is 1.53. The molecule has 1 amide bonds. The number of ether oxygens (including phenoxy) is 3. The minimum absolute atomic E-state index is 0.00445. The van der Waals surface area contributed by atoms with E-state index >= 15 is 0 Å². The molecule has 0 radical (unpaired) electrons. The van der Waals surface area contributed by atoms with Crippen molar-refractivity contribution in [2.24, 2.45) is 0 Å². The summed E-state index contributed by atoms with van der Waals surface area (Å²) >= 11 is 0. The molecule has 0 heterocycles. The summed E-state index contributed by atoms with van der Waals surface area (Å²) < 4.78 is 15.1. The van der Waals surface area contributed by atoms with Gasteiger partial charge in [-0.05, 0) is 55.0 Å². The molecule has 3 rings (SSSR count). The fourth-order valence-corrected chi connectivity index (χ4v) is 3.31. The molecule has 38 heavy (non-hydrogen) atoms. The number of esters is 2. The van der Waals surface area contributed by atoms with Gasteiger partial charge in [-0.3, -0.25) is 19.2 Å². The lowest BCUT2D eigenvalue weighted by Crippen LogP contribution is -2.16. The van der Waals surface area contributed by atoms with Crippen LogP contribution in [0.25, 0.3) is 0 Å². The number of carbonyl (C=O) groups excluding carboxylic acids is 5. The molecule has 0 aliphatic rings. The quantitative estimate of drug-likeness (QED) is 0.263. The topological polar surface area (TPSA) is 125 Å². The first kappa shape index (κ1) is 27.8. The Hall–Kier alpha value is -4.79. The smallest absolute Gasteiger partial charge is 0.338 e. The average molecular weight is 518 g/mol. The van der Waals surface area contributed by atoms with Gasteiger partial charge in [-0.1, -0.05) is 30.3 Å². The SMILES string of the molecule is COc1ccc(C(=O)COC(=O)c2ccc(NC(=O)CCCC(=O)OCC(=O)c3ccccc3)cc2)cc1. The van der Waals surface area contributed by atoms with E-state index in [9.17, 15) is 24.0 Å². The number of amides is 1. The van der Waals surface area contributed by atoms with E-state index in [0.29, 0.717) is 22.6 Å². The van der Waals surface area contributed by atoms with Gasteiger partial charge < -0.3 is 19.5 Å². The van der Waals surface area contributed by atoms with Gasteiger partial charge in [-0.25, -0.2) is 4.79 Å². The van der Waals surface area contributed by atoms with Crippen molar-refractivity contribution >= 4 is 35.1 Å². The lowest BCUT2D eigenvalue weighted by atomic mass is 10.1. The van der Waals surface area contributed by atoms with Crippen LogP contribution in [0.5, 0.6) is 5.75 Å². The third kappa shape index (κ3) is 8.70. The lowest BCUT2D eigenvalue weighted by molar-refractivity contribution is -0.142. The monoisotopic (exact) mass is 517 g/mol. The minimum Gasteiger partial charge on any atom is -0.497 e. The summed E-state index contributed by atoms with van der Waals surface area (Å²) in [7, 11) is 1.52. The second kappa shape index (κ2) is 14.1. The van der Waals surface area contributed by atoms with Gasteiger partial charge in [0, 0.05) is 29.7 Å². The van der Waals surface area contributed by atoms with Gasteiger partial charge in [0.1, 0.15) is 5.75 Å². The molecule has 0 aliphatic carbocycles. The Morgan fingerprint density at radius 1 is 0.658 bits per heavy atom. The molecular formula is C29H27NO8. The van der Waals surface area contributed by atoms with Crippen LogP contribution >= 0.6 is 0 Å². The van der Waals surface area contributed by atoms with E-state index < -0.39 is 18.5 Å². The maximum Gasteiger partial charge on any atom is 0.338 e. The number of hydrogen-bond acceptors (Lipinski definition) is 8. The molecule has 0 fully saturated rings. The van der Waals surface area contributed by atoms with Crippen molar-refractivity contribution in [1.82, 2.24) is 0 Å². The summed E-state index contributed by atoms with van der Waals surface area (Å²) in [5.74, 6) is -1.59. The highest BCUT2D eigenvalue weighted by Gasteiger charge is 2.13. The molecule has 0 aliphatic heterocycles. The van der Waals surface area contributed by atoms with Crippen LogP contribution in [0.4, 0.5) is 5.69 Å². The van der Waals surface area contributed by atoms with Gasteiger partial charge in [-0.2, -0.15) is 0 Å². The number of carbonyl (C=O) groups is 5. The summed E-state index contributed by atoms with van der Waals surface area (Å²) in [6, 6.07) is 21.0. The third-order valence-electron chi connectivity index (χ3n) is 5.40. The van der Waals surface area contributed by atoms with Crippen LogP contribution in [0, 0.1) is 0 Å². The summed E-state index contributed by atoms with van der Waals surface area (Å²) in [6.45, 7) is -0.758. The van der Waals surface area contributed by atoms with Crippen molar-refractivity contribution in [3.8, 4) is 5.75 Å². The van der Waals surface area contributed by atoms with E-state index in [1.54, 1.807) is 54.6 Å². The van der Waals surface area contributed by atoms with Gasteiger partial charge >= 0.3 is 11.9 Å². The Bertz CT molecular complexity index is 1270. The predicted octanol–water partition coefficient (Wildman–Crippen LogP) is 4.27. The first-order valence-electron chi connectivity index (χ1n) is 11.8. The average Bonchev–Trinajstić information content (AvgIpc) is 2.95. The van der Waals surface area contributed by atoms with Crippen LogP contribution in [0.15, 0.2) is 78.9 Å². The van der Waals surface area contributed by atoms with Crippen LogP contribution in [-0.4, -0.2) is 49.7 Å². The molecule has 0 bridgehead atoms. The summed E-state index contributed by atoms with van der Waals surface area (Å²) in [4.78, 5) is 60.4. The Morgan fingerprint density at radius 2 is 1.24 bits per heavy atom. The maximum atomic E-state index is 12.2. The van der Waals surface area contributed by atoms with Crippen LogP contribution in [0.2, 0.25) is 0 Å². The minimum atomic E-state index is -0.672. The molecule has 0 saturated heterocycles. The summed E-state index contributed by atoms with van der Waals surface area (Å²) in [5, 5.41) is 2.67. The van der Waals surface area contributed by atoms with E-state index in [4.69, 9.17) is 14.2 Å². The number of benzene rings is 3. The zero-order chi connectivity index (χ0) is 27.3. The van der Waals surface area contributed by atoms with Crippen molar-refractivity contribution in [2.45, 2.75) is 19.3 Å². The molecule has 9 heteroatoms. The molecule has 1 N–H and O–H groups in total. The zero-order valence-electron chi connectivity index (χ0n) is 20.8. The Kier molecular flexibility index (Phi) is 10.3. The second-order valence-corrected chi connectivity index (χ2v) is 8.16. The fourth-order valence-electron chi connectivity index (χ4n) is 3.31. The van der Waals surface area contributed by atoms with E-state index in [1.807, 2.05) is 0 Å². The maximum absolute atomic E-state index is 12.2.